The van der Waals surface area contributed by atoms with E-state index in [-0.39, 0.29) is 11.9 Å². The standard InChI is InChI=1S/C19H27F3N4O/c1-5-16-15(17(23-3)6-7-25-16)10-24-9-14-8-13(2)18(26(4)11-14)27-12-19(20,21)22/h6-8,10,17,23,25H,5,9,11-12H2,1-4H3. The van der Waals surface area contributed by atoms with E-state index in [2.05, 4.69) is 22.5 Å². The maximum Gasteiger partial charge on any atom is 0.422 e. The van der Waals surface area contributed by atoms with Crippen LogP contribution in [0.4, 0.5) is 13.2 Å². The number of halogens is 3. The Morgan fingerprint density at radius 1 is 1.44 bits per heavy atom. The number of nitrogens with one attached hydrogen (secondary N) is 2. The smallest absolute Gasteiger partial charge is 0.422 e. The Kier molecular flexibility index (Phi) is 7.12. The van der Waals surface area contributed by atoms with E-state index >= 15 is 0 Å². The third kappa shape index (κ3) is 5.89. The molecule has 0 aromatic carbocycles. The lowest BCUT2D eigenvalue weighted by Crippen LogP contribution is -2.32. The van der Waals surface area contributed by atoms with Crippen LogP contribution >= 0.6 is 0 Å². The molecular formula is C19H27F3N4O. The van der Waals surface area contributed by atoms with Crippen molar-refractivity contribution in [1.29, 1.82) is 0 Å². The molecule has 2 aliphatic heterocycles. The molecular weight excluding hydrogens is 357 g/mol. The van der Waals surface area contributed by atoms with Gasteiger partial charge in [-0.15, -0.1) is 0 Å². The van der Waals surface area contributed by atoms with Crippen LogP contribution in [-0.4, -0.2) is 57.1 Å². The van der Waals surface area contributed by atoms with Gasteiger partial charge in [0.25, 0.3) is 0 Å². The first-order chi connectivity index (χ1) is 12.7. The van der Waals surface area contributed by atoms with Crippen molar-refractivity contribution in [3.8, 4) is 0 Å². The van der Waals surface area contributed by atoms with E-state index in [4.69, 9.17) is 4.74 Å². The lowest BCUT2D eigenvalue weighted by molar-refractivity contribution is -0.169. The van der Waals surface area contributed by atoms with E-state index in [1.165, 1.54) is 0 Å². The predicted molar refractivity (Wildman–Crippen MR) is 101 cm³/mol. The number of hydrogen-bond donors (Lipinski definition) is 2. The second-order valence-electron chi connectivity index (χ2n) is 6.58. The van der Waals surface area contributed by atoms with Crippen molar-refractivity contribution in [2.45, 2.75) is 32.5 Å². The van der Waals surface area contributed by atoms with Gasteiger partial charge in [-0.1, -0.05) is 13.0 Å². The third-order valence-electron chi connectivity index (χ3n) is 4.34. The summed E-state index contributed by atoms with van der Waals surface area (Å²) in [6.07, 6.45) is 4.20. The number of allylic oxidation sites excluding steroid dienone is 3. The summed E-state index contributed by atoms with van der Waals surface area (Å²) in [7, 11) is 3.62. The average Bonchev–Trinajstić information content (AvgIpc) is 2.60. The highest BCUT2D eigenvalue weighted by Gasteiger charge is 2.30. The minimum atomic E-state index is -4.35. The molecule has 27 heavy (non-hydrogen) atoms. The summed E-state index contributed by atoms with van der Waals surface area (Å²) >= 11 is 0. The Balaban J connectivity index is 2.06. The molecule has 1 atom stereocenters. The lowest BCUT2D eigenvalue weighted by atomic mass is 10.0. The van der Waals surface area contributed by atoms with Crippen LogP contribution in [0.5, 0.6) is 0 Å². The van der Waals surface area contributed by atoms with Crippen LogP contribution in [0.3, 0.4) is 0 Å². The first kappa shape index (κ1) is 21.1. The Morgan fingerprint density at radius 2 is 2.19 bits per heavy atom. The van der Waals surface area contributed by atoms with Crippen LogP contribution in [0.15, 0.2) is 51.6 Å². The van der Waals surface area contributed by atoms with Crippen molar-refractivity contribution in [2.24, 2.45) is 4.99 Å². The van der Waals surface area contributed by atoms with Crippen LogP contribution in [0.1, 0.15) is 20.3 Å². The summed E-state index contributed by atoms with van der Waals surface area (Å²) in [5.74, 6) is 0.257. The van der Waals surface area contributed by atoms with E-state index < -0.39 is 12.8 Å². The first-order valence-corrected chi connectivity index (χ1v) is 8.89. The number of dihydropyridines is 1. The molecule has 0 spiro atoms. The van der Waals surface area contributed by atoms with Gasteiger partial charge in [0, 0.05) is 36.7 Å². The van der Waals surface area contributed by atoms with Crippen molar-refractivity contribution in [1.82, 2.24) is 15.5 Å². The van der Waals surface area contributed by atoms with Crippen LogP contribution in [0.2, 0.25) is 0 Å². The van der Waals surface area contributed by atoms with Gasteiger partial charge in [0.2, 0.25) is 0 Å². The van der Waals surface area contributed by atoms with E-state index in [1.807, 2.05) is 31.6 Å². The van der Waals surface area contributed by atoms with E-state index in [0.717, 1.165) is 23.3 Å². The summed E-state index contributed by atoms with van der Waals surface area (Å²) in [6, 6.07) is 0.108. The van der Waals surface area contributed by atoms with E-state index in [0.29, 0.717) is 18.7 Å². The van der Waals surface area contributed by atoms with Crippen molar-refractivity contribution in [2.75, 3.05) is 33.8 Å². The lowest BCUT2D eigenvalue weighted by Gasteiger charge is -2.29. The van der Waals surface area contributed by atoms with Crippen molar-refractivity contribution in [3.05, 3.63) is 46.7 Å². The second-order valence-corrected chi connectivity index (χ2v) is 6.58. The van der Waals surface area contributed by atoms with Gasteiger partial charge in [-0.25, -0.2) is 0 Å². The molecule has 2 aliphatic rings. The third-order valence-corrected chi connectivity index (χ3v) is 4.34. The van der Waals surface area contributed by atoms with Crippen molar-refractivity contribution >= 4 is 6.21 Å². The number of alkyl halides is 3. The molecule has 0 amide bonds. The molecule has 0 aromatic rings. The molecule has 2 heterocycles. The van der Waals surface area contributed by atoms with Crippen LogP contribution in [0.25, 0.3) is 0 Å². The monoisotopic (exact) mass is 384 g/mol. The molecule has 150 valence electrons. The Hall–Kier alpha value is -2.22. The molecule has 0 saturated carbocycles. The quantitative estimate of drug-likeness (QED) is 0.663. The summed E-state index contributed by atoms with van der Waals surface area (Å²) in [5.41, 5.74) is 3.90. The highest BCUT2D eigenvalue weighted by Crippen LogP contribution is 2.24. The van der Waals surface area contributed by atoms with Gasteiger partial charge in [0.15, 0.2) is 12.5 Å². The molecule has 0 radical (unpaired) electrons. The topological polar surface area (TPSA) is 48.9 Å². The zero-order valence-corrected chi connectivity index (χ0v) is 16.2. The molecule has 2 N–H and O–H groups in total. The molecule has 0 bridgehead atoms. The van der Waals surface area contributed by atoms with E-state index in [9.17, 15) is 13.2 Å². The van der Waals surface area contributed by atoms with Gasteiger partial charge in [-0.05, 0) is 38.2 Å². The minimum absolute atomic E-state index is 0.108. The molecule has 5 nitrogen and oxygen atoms in total. The second kappa shape index (κ2) is 9.12. The molecule has 0 fully saturated rings. The molecule has 2 rings (SSSR count). The number of rotatable bonds is 7. The molecule has 8 heteroatoms. The average molecular weight is 384 g/mol. The van der Waals surface area contributed by atoms with Gasteiger partial charge in [-0.2, -0.15) is 13.2 Å². The maximum atomic E-state index is 12.4. The van der Waals surface area contributed by atoms with Crippen LogP contribution in [0, 0.1) is 0 Å². The number of likely N-dealkylation sites (N-methyl/N-ethyl adjacent to an activating group) is 2. The SMILES string of the molecule is CCC1=C(C=NCC2=CC(C)=C(OCC(F)(F)F)N(C)C2)C(NC)C=CN1. The molecule has 1 unspecified atom stereocenters. The van der Waals surface area contributed by atoms with Crippen molar-refractivity contribution < 1.29 is 17.9 Å². The number of aliphatic imine (C=N–C) groups is 1. The van der Waals surface area contributed by atoms with Gasteiger partial charge in [-0.3, -0.25) is 4.99 Å². The van der Waals surface area contributed by atoms with Gasteiger partial charge >= 0.3 is 6.18 Å². The highest BCUT2D eigenvalue weighted by molar-refractivity contribution is 5.82. The number of nitrogens with zero attached hydrogens (tertiary/aromatic N) is 2. The zero-order chi connectivity index (χ0) is 20.0. The van der Waals surface area contributed by atoms with Crippen molar-refractivity contribution in [3.63, 3.8) is 0 Å². The summed E-state index contributed by atoms with van der Waals surface area (Å²) < 4.78 is 42.1. The Labute approximate surface area is 158 Å². The fraction of sp³-hybridized carbons (Fsp3) is 0.526. The highest BCUT2D eigenvalue weighted by atomic mass is 19.4. The first-order valence-electron chi connectivity index (χ1n) is 8.89. The van der Waals surface area contributed by atoms with Gasteiger partial charge < -0.3 is 20.3 Å². The number of ether oxygens (including phenoxy) is 1. The number of hydrogen-bond acceptors (Lipinski definition) is 5. The van der Waals surface area contributed by atoms with Crippen LogP contribution in [-0.2, 0) is 4.74 Å². The summed E-state index contributed by atoms with van der Waals surface area (Å²) in [6.45, 7) is 3.50. The minimum Gasteiger partial charge on any atom is -0.469 e. The largest absolute Gasteiger partial charge is 0.469 e. The maximum absolute atomic E-state index is 12.4. The normalized spacial score (nSPS) is 21.1. The van der Waals surface area contributed by atoms with Crippen LogP contribution < -0.4 is 10.6 Å². The summed E-state index contributed by atoms with van der Waals surface area (Å²) in [4.78, 5) is 6.24. The molecule has 0 saturated heterocycles. The molecule has 0 aromatic heterocycles. The zero-order valence-electron chi connectivity index (χ0n) is 16.2. The Morgan fingerprint density at radius 3 is 2.78 bits per heavy atom. The Bertz CT molecular complexity index is 690. The van der Waals surface area contributed by atoms with Gasteiger partial charge in [0.05, 0.1) is 12.6 Å². The van der Waals surface area contributed by atoms with E-state index in [1.54, 1.807) is 18.9 Å². The fourth-order valence-electron chi connectivity index (χ4n) is 3.16. The molecule has 0 aliphatic carbocycles. The fourth-order valence-corrected chi connectivity index (χ4v) is 3.16. The summed E-state index contributed by atoms with van der Waals surface area (Å²) in [5, 5.41) is 6.49. The van der Waals surface area contributed by atoms with Gasteiger partial charge in [0.1, 0.15) is 0 Å². The predicted octanol–water partition coefficient (Wildman–Crippen LogP) is 3.11.